The standard InChI is InChI=1S/C21H32F2O2/c1-2-3-15-4-8-17(9-5-15)19-13-24-21(25-14-19)18-10-6-16(7-11-18)12-20(22)23/h2,12,15-19,21H,1,3-11,13-14H2. The minimum atomic E-state index is -1.54. The molecule has 0 aromatic carbocycles. The second-order valence-electron chi connectivity index (χ2n) is 8.23. The maximum atomic E-state index is 12.4. The lowest BCUT2D eigenvalue weighted by Gasteiger charge is -2.40. The maximum absolute atomic E-state index is 12.4. The first-order valence-electron chi connectivity index (χ1n) is 10.0. The van der Waals surface area contributed by atoms with Crippen LogP contribution in [-0.2, 0) is 9.47 Å². The van der Waals surface area contributed by atoms with Gasteiger partial charge in [-0.15, -0.1) is 6.58 Å². The fourth-order valence-electron chi connectivity index (χ4n) is 4.97. The number of hydrogen-bond acceptors (Lipinski definition) is 2. The first-order chi connectivity index (χ1) is 12.2. The summed E-state index contributed by atoms with van der Waals surface area (Å²) >= 11 is 0. The molecule has 2 saturated carbocycles. The van der Waals surface area contributed by atoms with E-state index in [1.165, 1.54) is 25.7 Å². The summed E-state index contributed by atoms with van der Waals surface area (Å²) in [5.41, 5.74) is 0. The summed E-state index contributed by atoms with van der Waals surface area (Å²) in [7, 11) is 0. The average Bonchev–Trinajstić information content (AvgIpc) is 2.63. The monoisotopic (exact) mass is 354 g/mol. The molecule has 1 aliphatic heterocycles. The van der Waals surface area contributed by atoms with E-state index in [0.29, 0.717) is 11.8 Å². The zero-order valence-corrected chi connectivity index (χ0v) is 15.2. The number of rotatable bonds is 5. The molecule has 2 aliphatic carbocycles. The van der Waals surface area contributed by atoms with Gasteiger partial charge in [0.25, 0.3) is 6.08 Å². The van der Waals surface area contributed by atoms with Crippen LogP contribution in [0.15, 0.2) is 24.8 Å². The van der Waals surface area contributed by atoms with Gasteiger partial charge in [0.2, 0.25) is 0 Å². The molecule has 0 N–H and O–H groups in total. The molecule has 1 saturated heterocycles. The van der Waals surface area contributed by atoms with Gasteiger partial charge in [-0.2, -0.15) is 8.78 Å². The molecule has 3 fully saturated rings. The van der Waals surface area contributed by atoms with Crippen LogP contribution in [0.1, 0.15) is 57.8 Å². The van der Waals surface area contributed by atoms with Crippen LogP contribution >= 0.6 is 0 Å². The van der Waals surface area contributed by atoms with Gasteiger partial charge in [-0.25, -0.2) is 0 Å². The summed E-state index contributed by atoms with van der Waals surface area (Å²) in [5, 5.41) is 0. The van der Waals surface area contributed by atoms with Gasteiger partial charge in [0.1, 0.15) is 0 Å². The van der Waals surface area contributed by atoms with Crippen molar-refractivity contribution in [2.75, 3.05) is 13.2 Å². The van der Waals surface area contributed by atoms with Gasteiger partial charge in [0.15, 0.2) is 6.29 Å². The molecule has 0 atom stereocenters. The third kappa shape index (κ3) is 5.37. The number of ether oxygens (including phenoxy) is 2. The third-order valence-corrected chi connectivity index (χ3v) is 6.57. The largest absolute Gasteiger partial charge is 0.352 e. The molecular weight excluding hydrogens is 322 g/mol. The van der Waals surface area contributed by atoms with Crippen LogP contribution in [0, 0.1) is 29.6 Å². The van der Waals surface area contributed by atoms with E-state index < -0.39 is 6.08 Å². The van der Waals surface area contributed by atoms with E-state index in [4.69, 9.17) is 9.47 Å². The normalized spacial score (nSPS) is 39.6. The van der Waals surface area contributed by atoms with E-state index in [0.717, 1.165) is 63.2 Å². The second-order valence-corrected chi connectivity index (χ2v) is 8.23. The molecule has 3 aliphatic rings. The van der Waals surface area contributed by atoms with Gasteiger partial charge in [0, 0.05) is 11.8 Å². The van der Waals surface area contributed by atoms with Crippen LogP contribution < -0.4 is 0 Å². The Morgan fingerprint density at radius 1 is 0.840 bits per heavy atom. The fraction of sp³-hybridized carbons (Fsp3) is 0.810. The molecule has 1 heterocycles. The summed E-state index contributed by atoms with van der Waals surface area (Å²) in [6, 6.07) is 0. The molecule has 2 nitrogen and oxygen atoms in total. The Hall–Kier alpha value is -0.740. The zero-order chi connectivity index (χ0) is 17.6. The Kier molecular flexibility index (Phi) is 7.06. The van der Waals surface area contributed by atoms with E-state index in [-0.39, 0.29) is 12.2 Å². The van der Waals surface area contributed by atoms with Gasteiger partial charge in [0.05, 0.1) is 13.2 Å². The molecule has 3 rings (SSSR count). The van der Waals surface area contributed by atoms with Crippen molar-refractivity contribution in [3.05, 3.63) is 24.8 Å². The second kappa shape index (κ2) is 9.27. The molecule has 0 aromatic rings. The highest BCUT2D eigenvalue weighted by atomic mass is 19.3. The molecule has 0 bridgehead atoms. The molecule has 4 heteroatoms. The van der Waals surface area contributed by atoms with Gasteiger partial charge in [-0.1, -0.05) is 6.08 Å². The van der Waals surface area contributed by atoms with Crippen molar-refractivity contribution in [1.82, 2.24) is 0 Å². The first-order valence-corrected chi connectivity index (χ1v) is 10.0. The molecule has 0 amide bonds. The van der Waals surface area contributed by atoms with Gasteiger partial charge in [-0.05, 0) is 81.6 Å². The minimum absolute atomic E-state index is 0.0309. The van der Waals surface area contributed by atoms with Crippen LogP contribution in [0.2, 0.25) is 0 Å². The van der Waals surface area contributed by atoms with Crippen molar-refractivity contribution in [3.8, 4) is 0 Å². The lowest BCUT2D eigenvalue weighted by atomic mass is 9.75. The highest BCUT2D eigenvalue weighted by molar-refractivity contribution is 4.91. The summed E-state index contributed by atoms with van der Waals surface area (Å²) in [6.07, 6.45) is 11.3. The fourth-order valence-corrected chi connectivity index (χ4v) is 4.97. The van der Waals surface area contributed by atoms with E-state index in [2.05, 4.69) is 12.7 Å². The Labute approximate surface area is 150 Å². The van der Waals surface area contributed by atoms with Crippen molar-refractivity contribution < 1.29 is 18.3 Å². The molecule has 0 unspecified atom stereocenters. The lowest BCUT2D eigenvalue weighted by Crippen LogP contribution is -2.41. The molecule has 142 valence electrons. The quantitative estimate of drug-likeness (QED) is 0.568. The first kappa shape index (κ1) is 19.0. The Morgan fingerprint density at radius 3 is 2.00 bits per heavy atom. The summed E-state index contributed by atoms with van der Waals surface area (Å²) in [4.78, 5) is 0. The van der Waals surface area contributed by atoms with Crippen molar-refractivity contribution in [3.63, 3.8) is 0 Å². The number of allylic oxidation sites excluding steroid dienone is 2. The Bertz CT molecular complexity index is 437. The Morgan fingerprint density at radius 2 is 1.44 bits per heavy atom. The minimum Gasteiger partial charge on any atom is -0.352 e. The highest BCUT2D eigenvalue weighted by Crippen LogP contribution is 2.39. The molecule has 25 heavy (non-hydrogen) atoms. The molecular formula is C21H32F2O2. The van der Waals surface area contributed by atoms with E-state index in [1.54, 1.807) is 0 Å². The van der Waals surface area contributed by atoms with E-state index in [1.807, 2.05) is 0 Å². The van der Waals surface area contributed by atoms with E-state index >= 15 is 0 Å². The Balaban J connectivity index is 1.38. The molecule has 0 spiro atoms. The maximum Gasteiger partial charge on any atom is 0.266 e. The smallest absolute Gasteiger partial charge is 0.266 e. The van der Waals surface area contributed by atoms with Crippen LogP contribution in [0.25, 0.3) is 0 Å². The molecule has 0 radical (unpaired) electrons. The van der Waals surface area contributed by atoms with Crippen LogP contribution in [0.4, 0.5) is 8.78 Å². The van der Waals surface area contributed by atoms with Gasteiger partial charge >= 0.3 is 0 Å². The summed E-state index contributed by atoms with van der Waals surface area (Å²) in [6.45, 7) is 5.47. The lowest BCUT2D eigenvalue weighted by molar-refractivity contribution is -0.236. The van der Waals surface area contributed by atoms with Crippen molar-refractivity contribution in [2.45, 2.75) is 64.1 Å². The summed E-state index contributed by atoms with van der Waals surface area (Å²) < 4.78 is 36.9. The van der Waals surface area contributed by atoms with Crippen LogP contribution in [-0.4, -0.2) is 19.5 Å². The SMILES string of the molecule is C=CCC1CCC(C2COC(C3CCC(C=C(F)F)CC3)OC2)CC1. The zero-order valence-electron chi connectivity index (χ0n) is 15.2. The average molecular weight is 354 g/mol. The highest BCUT2D eigenvalue weighted by Gasteiger charge is 2.35. The summed E-state index contributed by atoms with van der Waals surface area (Å²) in [5.74, 6) is 2.49. The van der Waals surface area contributed by atoms with E-state index in [9.17, 15) is 8.78 Å². The van der Waals surface area contributed by atoms with Crippen LogP contribution in [0.5, 0.6) is 0 Å². The predicted molar refractivity (Wildman–Crippen MR) is 95.2 cm³/mol. The molecule has 0 aromatic heterocycles. The van der Waals surface area contributed by atoms with Gasteiger partial charge in [-0.3, -0.25) is 0 Å². The topological polar surface area (TPSA) is 18.5 Å². The van der Waals surface area contributed by atoms with Crippen LogP contribution in [0.3, 0.4) is 0 Å². The van der Waals surface area contributed by atoms with Crippen molar-refractivity contribution in [2.24, 2.45) is 29.6 Å². The van der Waals surface area contributed by atoms with Crippen molar-refractivity contribution in [1.29, 1.82) is 0 Å². The number of halogens is 2. The third-order valence-electron chi connectivity index (χ3n) is 6.57. The van der Waals surface area contributed by atoms with Gasteiger partial charge < -0.3 is 9.47 Å². The predicted octanol–water partition coefficient (Wildman–Crippen LogP) is 5.94. The van der Waals surface area contributed by atoms with Crippen molar-refractivity contribution >= 4 is 0 Å². The number of hydrogen-bond donors (Lipinski definition) is 0.